The van der Waals surface area contributed by atoms with E-state index >= 15 is 0 Å². The topological polar surface area (TPSA) is 21.3 Å². The molecule has 1 aliphatic rings. The molecule has 0 aromatic carbocycles. The van der Waals surface area contributed by atoms with Crippen molar-refractivity contribution in [3.63, 3.8) is 0 Å². The van der Waals surface area contributed by atoms with Gasteiger partial charge in [-0.1, -0.05) is 33.1 Å². The van der Waals surface area contributed by atoms with E-state index in [2.05, 4.69) is 33.1 Å². The van der Waals surface area contributed by atoms with Gasteiger partial charge in [-0.25, -0.2) is 0 Å². The molecule has 1 aliphatic carbocycles. The van der Waals surface area contributed by atoms with Gasteiger partial charge in [0.15, 0.2) is 0 Å². The molecule has 2 atom stereocenters. The van der Waals surface area contributed by atoms with Crippen molar-refractivity contribution in [2.75, 3.05) is 13.7 Å². The lowest BCUT2D eigenvalue weighted by molar-refractivity contribution is 0.0105. The summed E-state index contributed by atoms with van der Waals surface area (Å²) < 4.78 is 5.95. The van der Waals surface area contributed by atoms with E-state index in [0.717, 1.165) is 12.5 Å². The van der Waals surface area contributed by atoms with Crippen LogP contribution in [0.3, 0.4) is 0 Å². The van der Waals surface area contributed by atoms with E-state index in [1.807, 2.05) is 0 Å². The molecule has 2 nitrogen and oxygen atoms in total. The van der Waals surface area contributed by atoms with Gasteiger partial charge in [-0.15, -0.1) is 0 Å². The predicted molar refractivity (Wildman–Crippen MR) is 69.7 cm³/mol. The van der Waals surface area contributed by atoms with Gasteiger partial charge in [-0.3, -0.25) is 0 Å². The molecule has 0 radical (unpaired) electrons. The van der Waals surface area contributed by atoms with Crippen molar-refractivity contribution in [2.24, 2.45) is 11.8 Å². The molecule has 0 saturated heterocycles. The standard InChI is InChI=1S/C14H29NO/c1-11(2)12(3)16-10-14(15-4)13-8-6-5-7-9-13/h11-15H,5-10H2,1-4H3. The summed E-state index contributed by atoms with van der Waals surface area (Å²) in [6.07, 6.45) is 7.37. The molecule has 16 heavy (non-hydrogen) atoms. The second-order valence-corrected chi connectivity index (χ2v) is 5.58. The highest BCUT2D eigenvalue weighted by Crippen LogP contribution is 2.26. The highest BCUT2D eigenvalue weighted by Gasteiger charge is 2.23. The fourth-order valence-corrected chi connectivity index (χ4v) is 2.44. The molecular weight excluding hydrogens is 198 g/mol. The van der Waals surface area contributed by atoms with Gasteiger partial charge < -0.3 is 10.1 Å². The van der Waals surface area contributed by atoms with Gasteiger partial charge in [-0.2, -0.15) is 0 Å². The van der Waals surface area contributed by atoms with Gasteiger partial charge in [0, 0.05) is 6.04 Å². The molecule has 1 fully saturated rings. The van der Waals surface area contributed by atoms with Gasteiger partial charge in [0.1, 0.15) is 0 Å². The Morgan fingerprint density at radius 1 is 1.12 bits per heavy atom. The Hall–Kier alpha value is -0.0800. The lowest BCUT2D eigenvalue weighted by Crippen LogP contribution is -2.40. The van der Waals surface area contributed by atoms with Crippen LogP contribution in [0.25, 0.3) is 0 Å². The van der Waals surface area contributed by atoms with Crippen molar-refractivity contribution in [3.05, 3.63) is 0 Å². The molecule has 1 N–H and O–H groups in total. The van der Waals surface area contributed by atoms with Crippen molar-refractivity contribution < 1.29 is 4.74 Å². The van der Waals surface area contributed by atoms with Crippen LogP contribution >= 0.6 is 0 Å². The van der Waals surface area contributed by atoms with Crippen molar-refractivity contribution >= 4 is 0 Å². The van der Waals surface area contributed by atoms with E-state index in [1.54, 1.807) is 0 Å². The number of rotatable bonds is 6. The van der Waals surface area contributed by atoms with Crippen molar-refractivity contribution in [3.8, 4) is 0 Å². The summed E-state index contributed by atoms with van der Waals surface area (Å²) in [4.78, 5) is 0. The predicted octanol–water partition coefficient (Wildman–Crippen LogP) is 3.22. The third-order valence-corrected chi connectivity index (χ3v) is 4.07. The smallest absolute Gasteiger partial charge is 0.0625 e. The minimum Gasteiger partial charge on any atom is -0.377 e. The van der Waals surface area contributed by atoms with Crippen LogP contribution in [0.2, 0.25) is 0 Å². The quantitative estimate of drug-likeness (QED) is 0.752. The van der Waals surface area contributed by atoms with Crippen LogP contribution in [0.1, 0.15) is 52.9 Å². The SMILES string of the molecule is CNC(COC(C)C(C)C)C1CCCCC1. The Kier molecular flexibility index (Phi) is 6.37. The maximum atomic E-state index is 5.95. The van der Waals surface area contributed by atoms with Crippen LogP contribution in [0.5, 0.6) is 0 Å². The molecule has 2 heteroatoms. The summed E-state index contributed by atoms with van der Waals surface area (Å²) in [6.45, 7) is 7.50. The van der Waals surface area contributed by atoms with E-state index in [0.29, 0.717) is 18.1 Å². The molecule has 0 heterocycles. The van der Waals surface area contributed by atoms with Gasteiger partial charge in [0.25, 0.3) is 0 Å². The summed E-state index contributed by atoms with van der Waals surface area (Å²) in [6, 6.07) is 0.557. The van der Waals surface area contributed by atoms with Crippen molar-refractivity contribution in [1.82, 2.24) is 5.32 Å². The Morgan fingerprint density at radius 3 is 2.25 bits per heavy atom. The third-order valence-electron chi connectivity index (χ3n) is 4.07. The Bertz CT molecular complexity index is 176. The number of hydrogen-bond donors (Lipinski definition) is 1. The van der Waals surface area contributed by atoms with E-state index in [1.165, 1.54) is 32.1 Å². The number of likely N-dealkylation sites (N-methyl/N-ethyl adjacent to an activating group) is 1. The molecule has 0 spiro atoms. The first-order chi connectivity index (χ1) is 7.65. The molecule has 2 unspecified atom stereocenters. The monoisotopic (exact) mass is 227 g/mol. The van der Waals surface area contributed by atoms with E-state index in [4.69, 9.17) is 4.74 Å². The van der Waals surface area contributed by atoms with Crippen LogP contribution in [0, 0.1) is 11.8 Å². The molecule has 96 valence electrons. The second kappa shape index (κ2) is 7.29. The average Bonchev–Trinajstić information content (AvgIpc) is 2.30. The fraction of sp³-hybridized carbons (Fsp3) is 1.00. The van der Waals surface area contributed by atoms with E-state index in [-0.39, 0.29) is 0 Å². The summed E-state index contributed by atoms with van der Waals surface area (Å²) in [5.41, 5.74) is 0. The van der Waals surface area contributed by atoms with E-state index in [9.17, 15) is 0 Å². The lowest BCUT2D eigenvalue weighted by Gasteiger charge is -2.31. The first kappa shape index (κ1) is 14.0. The third kappa shape index (κ3) is 4.42. The molecule has 0 aliphatic heterocycles. The first-order valence-corrected chi connectivity index (χ1v) is 6.94. The molecular formula is C14H29NO. The van der Waals surface area contributed by atoms with Crippen LogP contribution in [-0.2, 0) is 4.74 Å². The molecule has 1 rings (SSSR count). The molecule has 1 saturated carbocycles. The molecule has 0 amide bonds. The molecule has 0 aromatic rings. The number of ether oxygens (including phenoxy) is 1. The normalized spacial score (nSPS) is 22.3. The Labute approximate surface area is 101 Å². The lowest BCUT2D eigenvalue weighted by atomic mass is 9.84. The Balaban J connectivity index is 2.30. The molecule has 0 bridgehead atoms. The van der Waals surface area contributed by atoms with Crippen LogP contribution in [0.15, 0.2) is 0 Å². The highest BCUT2D eigenvalue weighted by atomic mass is 16.5. The van der Waals surface area contributed by atoms with Crippen molar-refractivity contribution in [2.45, 2.75) is 65.0 Å². The first-order valence-electron chi connectivity index (χ1n) is 6.94. The van der Waals surface area contributed by atoms with Gasteiger partial charge in [-0.05, 0) is 38.6 Å². The zero-order chi connectivity index (χ0) is 12.0. The Morgan fingerprint density at radius 2 is 1.75 bits per heavy atom. The van der Waals surface area contributed by atoms with E-state index < -0.39 is 0 Å². The second-order valence-electron chi connectivity index (χ2n) is 5.58. The minimum atomic E-state index is 0.374. The highest BCUT2D eigenvalue weighted by molar-refractivity contribution is 4.78. The fourth-order valence-electron chi connectivity index (χ4n) is 2.44. The summed E-state index contributed by atoms with van der Waals surface area (Å²) in [5.74, 6) is 1.45. The largest absolute Gasteiger partial charge is 0.377 e. The maximum Gasteiger partial charge on any atom is 0.0625 e. The maximum absolute atomic E-state index is 5.95. The number of nitrogens with one attached hydrogen (secondary N) is 1. The van der Waals surface area contributed by atoms with Crippen LogP contribution < -0.4 is 5.32 Å². The average molecular weight is 227 g/mol. The zero-order valence-electron chi connectivity index (χ0n) is 11.5. The summed E-state index contributed by atoms with van der Waals surface area (Å²) in [5, 5.41) is 3.44. The van der Waals surface area contributed by atoms with Gasteiger partial charge in [0.05, 0.1) is 12.7 Å². The molecule has 0 aromatic heterocycles. The van der Waals surface area contributed by atoms with Crippen LogP contribution in [0.4, 0.5) is 0 Å². The van der Waals surface area contributed by atoms with Crippen molar-refractivity contribution in [1.29, 1.82) is 0 Å². The minimum absolute atomic E-state index is 0.374. The summed E-state index contributed by atoms with van der Waals surface area (Å²) >= 11 is 0. The van der Waals surface area contributed by atoms with Gasteiger partial charge >= 0.3 is 0 Å². The van der Waals surface area contributed by atoms with Crippen LogP contribution in [-0.4, -0.2) is 25.8 Å². The summed E-state index contributed by atoms with van der Waals surface area (Å²) in [7, 11) is 2.07. The zero-order valence-corrected chi connectivity index (χ0v) is 11.5. The number of hydrogen-bond acceptors (Lipinski definition) is 2. The van der Waals surface area contributed by atoms with Gasteiger partial charge in [0.2, 0.25) is 0 Å².